The molecule has 0 saturated carbocycles. The lowest BCUT2D eigenvalue weighted by molar-refractivity contribution is -0.138. The van der Waals surface area contributed by atoms with Crippen LogP contribution in [0.15, 0.2) is 77.7 Å². The zero-order chi connectivity index (χ0) is 23.0. The summed E-state index contributed by atoms with van der Waals surface area (Å²) in [7, 11) is -4.54. The summed E-state index contributed by atoms with van der Waals surface area (Å²) < 4.78 is 106. The summed E-state index contributed by atoms with van der Waals surface area (Å²) in [5, 5.41) is -0.605. The number of alkyl halides is 6. The molecule has 0 aliphatic heterocycles. The number of rotatable bonds is 4. The molecule has 3 nitrogen and oxygen atoms in total. The molecule has 0 N–H and O–H groups in total. The first-order valence-corrected chi connectivity index (χ1v) is 10.3. The van der Waals surface area contributed by atoms with Crippen molar-refractivity contribution in [1.29, 1.82) is 0 Å². The van der Waals surface area contributed by atoms with Gasteiger partial charge >= 0.3 is 12.4 Å². The van der Waals surface area contributed by atoms with E-state index in [0.717, 1.165) is 24.3 Å². The van der Waals surface area contributed by atoms with Crippen LogP contribution in [0.5, 0.6) is 0 Å². The molecule has 31 heavy (non-hydrogen) atoms. The zero-order valence-corrected chi connectivity index (χ0v) is 16.8. The van der Waals surface area contributed by atoms with Crippen molar-refractivity contribution in [2.45, 2.75) is 17.2 Å². The normalized spacial score (nSPS) is 12.6. The van der Waals surface area contributed by atoms with Gasteiger partial charge in [0.15, 0.2) is 0 Å². The molecule has 3 aromatic rings. The number of halogens is 7. The van der Waals surface area contributed by atoms with Gasteiger partial charge in [0.2, 0.25) is 0 Å². The highest BCUT2D eigenvalue weighted by molar-refractivity contribution is 7.93. The topological polar surface area (TPSA) is 37.4 Å². The van der Waals surface area contributed by atoms with E-state index < -0.39 is 49.9 Å². The van der Waals surface area contributed by atoms with Crippen molar-refractivity contribution in [3.05, 3.63) is 88.9 Å². The Kier molecular flexibility index (Phi) is 5.98. The van der Waals surface area contributed by atoms with Crippen molar-refractivity contribution in [3.63, 3.8) is 0 Å². The number of sulfonamides is 1. The van der Waals surface area contributed by atoms with E-state index in [0.29, 0.717) is 22.5 Å². The Morgan fingerprint density at radius 1 is 0.710 bits per heavy atom. The molecule has 0 fully saturated rings. The van der Waals surface area contributed by atoms with Gasteiger partial charge in [-0.25, -0.2) is 12.7 Å². The van der Waals surface area contributed by atoms with Gasteiger partial charge in [0, 0.05) is 0 Å². The average molecular weight is 480 g/mol. The molecule has 0 radical (unpaired) electrons. The maximum Gasteiger partial charge on any atom is 0.416 e. The van der Waals surface area contributed by atoms with E-state index in [9.17, 15) is 34.8 Å². The highest BCUT2D eigenvalue weighted by atomic mass is 35.5. The van der Waals surface area contributed by atoms with E-state index in [1.165, 1.54) is 30.3 Å². The van der Waals surface area contributed by atoms with Crippen LogP contribution in [0.2, 0.25) is 5.02 Å². The summed E-state index contributed by atoms with van der Waals surface area (Å²) in [5.74, 6) is 0. The number of benzene rings is 3. The van der Waals surface area contributed by atoms with Gasteiger partial charge in [-0.15, -0.1) is 0 Å². The summed E-state index contributed by atoms with van der Waals surface area (Å²) in [4.78, 5) is -0.289. The van der Waals surface area contributed by atoms with E-state index in [1.807, 2.05) is 0 Å². The van der Waals surface area contributed by atoms with Crippen LogP contribution in [0.25, 0.3) is 0 Å². The van der Waals surface area contributed by atoms with Gasteiger partial charge in [-0.3, -0.25) is 0 Å². The molecule has 0 amide bonds. The lowest BCUT2D eigenvalue weighted by Gasteiger charge is -2.26. The standard InChI is InChI=1S/C20H12ClF6NO2S/c21-17-12-14(20(25,26)27)9-10-18(17)28(31(29,30)16-7-2-1-3-8-16)15-6-4-5-13(11-15)19(22,23)24/h1-12H. The van der Waals surface area contributed by atoms with Crippen LogP contribution >= 0.6 is 11.6 Å². The number of nitrogens with zero attached hydrogens (tertiary/aromatic N) is 1. The third-order valence-corrected chi connectivity index (χ3v) is 6.24. The maximum atomic E-state index is 13.3. The van der Waals surface area contributed by atoms with Crippen LogP contribution in [-0.2, 0) is 22.4 Å². The van der Waals surface area contributed by atoms with E-state index in [4.69, 9.17) is 11.6 Å². The molecule has 0 aromatic heterocycles. The zero-order valence-electron chi connectivity index (χ0n) is 15.2. The minimum atomic E-state index is -4.78. The SMILES string of the molecule is O=S(=O)(c1ccccc1)N(c1cccc(C(F)(F)F)c1)c1ccc(C(F)(F)F)cc1Cl. The van der Waals surface area contributed by atoms with E-state index in [2.05, 4.69) is 0 Å². The Labute approximate surface area is 178 Å². The number of hydrogen-bond donors (Lipinski definition) is 0. The molecule has 164 valence electrons. The molecule has 0 unspecified atom stereocenters. The predicted octanol–water partition coefficient (Wildman–Crippen LogP) is 6.90. The largest absolute Gasteiger partial charge is 0.416 e. The van der Waals surface area contributed by atoms with Crippen molar-refractivity contribution in [2.75, 3.05) is 4.31 Å². The molecule has 0 spiro atoms. The number of hydrogen-bond acceptors (Lipinski definition) is 2. The fourth-order valence-electron chi connectivity index (χ4n) is 2.76. The molecule has 0 aliphatic carbocycles. The van der Waals surface area contributed by atoms with Gasteiger partial charge in [0.1, 0.15) is 0 Å². The second-order valence-electron chi connectivity index (χ2n) is 6.29. The first-order chi connectivity index (χ1) is 14.3. The van der Waals surface area contributed by atoms with Gasteiger partial charge < -0.3 is 0 Å². The van der Waals surface area contributed by atoms with Gasteiger partial charge in [0.25, 0.3) is 10.0 Å². The number of anilines is 2. The van der Waals surface area contributed by atoms with Crippen molar-refractivity contribution in [1.82, 2.24) is 0 Å². The summed E-state index contributed by atoms with van der Waals surface area (Å²) in [6, 6.07) is 12.0. The van der Waals surface area contributed by atoms with Crippen molar-refractivity contribution in [3.8, 4) is 0 Å². The molecule has 0 aliphatic rings. The summed E-state index contributed by atoms with van der Waals surface area (Å²) in [6.07, 6.45) is -9.52. The van der Waals surface area contributed by atoms with E-state index >= 15 is 0 Å². The van der Waals surface area contributed by atoms with Crippen LogP contribution in [-0.4, -0.2) is 8.42 Å². The van der Waals surface area contributed by atoms with Crippen LogP contribution in [0.3, 0.4) is 0 Å². The van der Waals surface area contributed by atoms with Gasteiger partial charge in [-0.2, -0.15) is 26.3 Å². The Hall–Kier alpha value is -2.72. The lowest BCUT2D eigenvalue weighted by atomic mass is 10.1. The monoisotopic (exact) mass is 479 g/mol. The third-order valence-electron chi connectivity index (χ3n) is 4.18. The van der Waals surface area contributed by atoms with Crippen LogP contribution in [0.4, 0.5) is 37.7 Å². The van der Waals surface area contributed by atoms with Crippen LogP contribution < -0.4 is 4.31 Å². The highest BCUT2D eigenvalue weighted by Gasteiger charge is 2.35. The van der Waals surface area contributed by atoms with Crippen molar-refractivity contribution in [2.24, 2.45) is 0 Å². The van der Waals surface area contributed by atoms with Gasteiger partial charge in [0.05, 0.1) is 32.4 Å². The molecular formula is C20H12ClF6NO2S. The van der Waals surface area contributed by atoms with E-state index in [1.54, 1.807) is 0 Å². The first-order valence-electron chi connectivity index (χ1n) is 8.46. The molecular weight excluding hydrogens is 468 g/mol. The second kappa shape index (κ2) is 8.08. The molecule has 3 rings (SSSR count). The summed E-state index contributed by atoms with van der Waals surface area (Å²) >= 11 is 5.97. The summed E-state index contributed by atoms with van der Waals surface area (Å²) in [6.45, 7) is 0. The second-order valence-corrected chi connectivity index (χ2v) is 8.49. The maximum absolute atomic E-state index is 13.3. The molecule has 0 bridgehead atoms. The molecule has 0 atom stereocenters. The first kappa shape index (κ1) is 23.0. The Bertz CT molecular complexity index is 1190. The third kappa shape index (κ3) is 4.80. The molecule has 0 saturated heterocycles. The fourth-order valence-corrected chi connectivity index (χ4v) is 4.60. The van der Waals surface area contributed by atoms with Crippen molar-refractivity contribution >= 4 is 33.0 Å². The Balaban J connectivity index is 2.27. The Morgan fingerprint density at radius 2 is 1.29 bits per heavy atom. The predicted molar refractivity (Wildman–Crippen MR) is 104 cm³/mol. The van der Waals surface area contributed by atoms with Crippen LogP contribution in [0.1, 0.15) is 11.1 Å². The lowest BCUT2D eigenvalue weighted by Crippen LogP contribution is -2.27. The van der Waals surface area contributed by atoms with Crippen molar-refractivity contribution < 1.29 is 34.8 Å². The smallest absolute Gasteiger partial charge is 0.233 e. The quantitative estimate of drug-likeness (QED) is 0.381. The highest BCUT2D eigenvalue weighted by Crippen LogP contribution is 2.41. The molecule has 0 heterocycles. The minimum Gasteiger partial charge on any atom is -0.233 e. The minimum absolute atomic E-state index is 0.289. The van der Waals surface area contributed by atoms with Gasteiger partial charge in [-0.1, -0.05) is 35.9 Å². The van der Waals surface area contributed by atoms with Gasteiger partial charge in [-0.05, 0) is 48.5 Å². The fraction of sp³-hybridized carbons (Fsp3) is 0.100. The molecule has 3 aromatic carbocycles. The Morgan fingerprint density at radius 3 is 1.84 bits per heavy atom. The summed E-state index contributed by atoms with van der Waals surface area (Å²) in [5.41, 5.74) is -3.15. The average Bonchev–Trinajstić information content (AvgIpc) is 2.69. The molecule has 11 heteroatoms. The van der Waals surface area contributed by atoms with E-state index in [-0.39, 0.29) is 4.90 Å². The van der Waals surface area contributed by atoms with Crippen LogP contribution in [0, 0.1) is 0 Å².